The van der Waals surface area contributed by atoms with Crippen LogP contribution in [-0.2, 0) is 0 Å². The highest BCUT2D eigenvalue weighted by Crippen LogP contribution is 2.07. The average Bonchev–Trinajstić information content (AvgIpc) is 3.12. The van der Waals surface area contributed by atoms with Crippen LogP contribution in [0.15, 0.2) is 35.2 Å². The number of allylic oxidation sites excluding steroid dienone is 1. The molecule has 0 radical (unpaired) electrons. The summed E-state index contributed by atoms with van der Waals surface area (Å²) < 4.78 is 0. The van der Waals surface area contributed by atoms with Gasteiger partial charge in [-0.05, 0) is 37.1 Å². The molecule has 0 unspecified atom stereocenters. The fourth-order valence-corrected chi connectivity index (χ4v) is 2.93. The van der Waals surface area contributed by atoms with Crippen LogP contribution in [0, 0.1) is 0 Å². The minimum atomic E-state index is 0.00558. The molecule has 1 aromatic rings. The Balaban J connectivity index is 2.12. The van der Waals surface area contributed by atoms with E-state index in [2.05, 4.69) is 34.2 Å². The number of carbonyl (C=O) groups excluding carboxylic acids is 1. The maximum Gasteiger partial charge on any atom is 0.261 e. The zero-order valence-corrected chi connectivity index (χ0v) is 15.7. The van der Waals surface area contributed by atoms with Crippen molar-refractivity contribution in [1.29, 1.82) is 0 Å². The third-order valence-electron chi connectivity index (χ3n) is 3.64. The Morgan fingerprint density at radius 3 is 2.75 bits per heavy atom. The van der Waals surface area contributed by atoms with Crippen molar-refractivity contribution in [3.8, 4) is 0 Å². The van der Waals surface area contributed by atoms with Crippen LogP contribution in [0.5, 0.6) is 0 Å². The number of rotatable bonds is 11. The number of hydrogen-bond acceptors (Lipinski definition) is 3. The predicted octanol–water partition coefficient (Wildman–Crippen LogP) is 3.12. The van der Waals surface area contributed by atoms with Crippen molar-refractivity contribution in [2.24, 2.45) is 4.99 Å². The molecule has 2 N–H and O–H groups in total. The first-order valence-electron chi connectivity index (χ1n) is 8.53. The number of nitrogens with zero attached hydrogens (tertiary/aromatic N) is 2. The van der Waals surface area contributed by atoms with Gasteiger partial charge < -0.3 is 15.5 Å². The zero-order valence-electron chi connectivity index (χ0n) is 14.9. The van der Waals surface area contributed by atoms with Gasteiger partial charge in [-0.1, -0.05) is 18.6 Å². The molecular weight excluding hydrogens is 320 g/mol. The number of thiophene rings is 1. The summed E-state index contributed by atoms with van der Waals surface area (Å²) in [5.41, 5.74) is 0. The molecule has 5 nitrogen and oxygen atoms in total. The standard InChI is InChI=1S/C18H30N4OS/c1-4-5-6-7-8-14-22(3)18(19-2)21-13-10-12-20-17(23)16-11-9-15-24-16/h4,9,11,15H,1,5-8,10,12-14H2,2-3H3,(H,19,21)(H,20,23). The van der Waals surface area contributed by atoms with E-state index >= 15 is 0 Å². The fourth-order valence-electron chi connectivity index (χ4n) is 2.29. The van der Waals surface area contributed by atoms with Crippen molar-refractivity contribution in [3.05, 3.63) is 35.0 Å². The second-order valence-electron chi connectivity index (χ2n) is 5.62. The molecule has 1 rings (SSSR count). The molecule has 0 saturated carbocycles. The molecule has 0 aliphatic carbocycles. The summed E-state index contributed by atoms with van der Waals surface area (Å²) >= 11 is 1.46. The van der Waals surface area contributed by atoms with Gasteiger partial charge in [-0.3, -0.25) is 9.79 Å². The Hall–Kier alpha value is -1.82. The van der Waals surface area contributed by atoms with E-state index in [9.17, 15) is 4.79 Å². The molecule has 0 bridgehead atoms. The van der Waals surface area contributed by atoms with Crippen molar-refractivity contribution >= 4 is 23.2 Å². The van der Waals surface area contributed by atoms with E-state index in [0.29, 0.717) is 6.54 Å². The van der Waals surface area contributed by atoms with Gasteiger partial charge in [-0.2, -0.15) is 0 Å². The topological polar surface area (TPSA) is 56.7 Å². The third kappa shape index (κ3) is 8.15. The van der Waals surface area contributed by atoms with Crippen LogP contribution in [0.4, 0.5) is 0 Å². The number of carbonyl (C=O) groups is 1. The first-order valence-corrected chi connectivity index (χ1v) is 9.41. The molecule has 0 aliphatic rings. The number of unbranched alkanes of at least 4 members (excludes halogenated alkanes) is 3. The molecular formula is C18H30N4OS. The lowest BCUT2D eigenvalue weighted by molar-refractivity contribution is 0.0957. The summed E-state index contributed by atoms with van der Waals surface area (Å²) in [5.74, 6) is 0.911. The number of nitrogens with one attached hydrogen (secondary N) is 2. The van der Waals surface area contributed by atoms with E-state index in [1.807, 2.05) is 23.6 Å². The maximum atomic E-state index is 11.8. The van der Waals surface area contributed by atoms with E-state index < -0.39 is 0 Å². The van der Waals surface area contributed by atoms with Crippen LogP contribution >= 0.6 is 11.3 Å². The van der Waals surface area contributed by atoms with Crippen molar-refractivity contribution in [2.45, 2.75) is 32.1 Å². The lowest BCUT2D eigenvalue weighted by atomic mass is 10.2. The lowest BCUT2D eigenvalue weighted by Gasteiger charge is -2.22. The first-order chi connectivity index (χ1) is 11.7. The number of amides is 1. The lowest BCUT2D eigenvalue weighted by Crippen LogP contribution is -2.40. The molecule has 0 aromatic carbocycles. The van der Waals surface area contributed by atoms with E-state index in [4.69, 9.17) is 0 Å². The van der Waals surface area contributed by atoms with Gasteiger partial charge >= 0.3 is 0 Å². The Labute approximate surface area is 149 Å². The molecule has 134 valence electrons. The fraction of sp³-hybridized carbons (Fsp3) is 0.556. The summed E-state index contributed by atoms with van der Waals surface area (Å²) in [5, 5.41) is 8.18. The van der Waals surface area contributed by atoms with Crippen LogP contribution < -0.4 is 10.6 Å². The van der Waals surface area contributed by atoms with Crippen LogP contribution in [0.3, 0.4) is 0 Å². The molecule has 0 aliphatic heterocycles. The summed E-state index contributed by atoms with van der Waals surface area (Å²) in [7, 11) is 3.86. The Bertz CT molecular complexity index is 499. The monoisotopic (exact) mass is 350 g/mol. The smallest absolute Gasteiger partial charge is 0.261 e. The molecule has 6 heteroatoms. The van der Waals surface area contributed by atoms with E-state index in [1.165, 1.54) is 24.2 Å². The summed E-state index contributed by atoms with van der Waals surface area (Å²) in [6.45, 7) is 6.18. The first kappa shape index (κ1) is 20.2. The van der Waals surface area contributed by atoms with Gasteiger partial charge in [0, 0.05) is 33.7 Å². The normalized spacial score (nSPS) is 11.2. The van der Waals surface area contributed by atoms with Gasteiger partial charge in [0.05, 0.1) is 4.88 Å². The van der Waals surface area contributed by atoms with Gasteiger partial charge in [0.1, 0.15) is 0 Å². The Morgan fingerprint density at radius 1 is 1.29 bits per heavy atom. The van der Waals surface area contributed by atoms with Gasteiger partial charge in [0.2, 0.25) is 0 Å². The Morgan fingerprint density at radius 2 is 2.08 bits per heavy atom. The van der Waals surface area contributed by atoms with Gasteiger partial charge in [0.25, 0.3) is 5.91 Å². The highest BCUT2D eigenvalue weighted by Gasteiger charge is 2.06. The average molecular weight is 351 g/mol. The minimum Gasteiger partial charge on any atom is -0.356 e. The molecule has 0 spiro atoms. The summed E-state index contributed by atoms with van der Waals surface area (Å²) in [6, 6.07) is 3.72. The van der Waals surface area contributed by atoms with Gasteiger partial charge in [0.15, 0.2) is 5.96 Å². The number of guanidine groups is 1. The van der Waals surface area contributed by atoms with Crippen LogP contribution in [0.2, 0.25) is 0 Å². The molecule has 0 saturated heterocycles. The zero-order chi connectivity index (χ0) is 17.6. The molecule has 1 aromatic heterocycles. The highest BCUT2D eigenvalue weighted by molar-refractivity contribution is 7.12. The van der Waals surface area contributed by atoms with Crippen molar-refractivity contribution in [1.82, 2.24) is 15.5 Å². The Kier molecular flexibility index (Phi) is 10.6. The van der Waals surface area contributed by atoms with E-state index in [0.717, 1.165) is 43.2 Å². The number of hydrogen-bond donors (Lipinski definition) is 2. The van der Waals surface area contributed by atoms with Crippen LogP contribution in [0.25, 0.3) is 0 Å². The van der Waals surface area contributed by atoms with E-state index in [-0.39, 0.29) is 5.91 Å². The van der Waals surface area contributed by atoms with Crippen molar-refractivity contribution in [2.75, 3.05) is 33.7 Å². The summed E-state index contributed by atoms with van der Waals surface area (Å²) in [4.78, 5) is 19.0. The van der Waals surface area contributed by atoms with Gasteiger partial charge in [-0.25, -0.2) is 0 Å². The highest BCUT2D eigenvalue weighted by atomic mass is 32.1. The largest absolute Gasteiger partial charge is 0.356 e. The van der Waals surface area contributed by atoms with E-state index in [1.54, 1.807) is 7.05 Å². The molecule has 0 fully saturated rings. The molecule has 0 atom stereocenters. The van der Waals surface area contributed by atoms with Crippen molar-refractivity contribution in [3.63, 3.8) is 0 Å². The third-order valence-corrected chi connectivity index (χ3v) is 4.51. The van der Waals surface area contributed by atoms with Crippen LogP contribution in [-0.4, -0.2) is 50.5 Å². The second kappa shape index (κ2) is 12.6. The van der Waals surface area contributed by atoms with Crippen LogP contribution in [0.1, 0.15) is 41.8 Å². The van der Waals surface area contributed by atoms with Crippen molar-refractivity contribution < 1.29 is 4.79 Å². The predicted molar refractivity (Wildman–Crippen MR) is 104 cm³/mol. The molecule has 1 heterocycles. The molecule has 1 amide bonds. The maximum absolute atomic E-state index is 11.8. The van der Waals surface area contributed by atoms with Gasteiger partial charge in [-0.15, -0.1) is 17.9 Å². The quantitative estimate of drug-likeness (QED) is 0.279. The minimum absolute atomic E-state index is 0.00558. The number of aliphatic imine (C=N–C) groups is 1. The SMILES string of the molecule is C=CCCCCCN(C)C(=NC)NCCCNC(=O)c1cccs1. The molecule has 24 heavy (non-hydrogen) atoms. The summed E-state index contributed by atoms with van der Waals surface area (Å²) in [6.07, 6.45) is 7.50. The second-order valence-corrected chi connectivity index (χ2v) is 6.57.